The monoisotopic (exact) mass is 687 g/mol. The molecule has 0 saturated heterocycles. The number of fused-ring (bicyclic) bond motifs is 7. The van der Waals surface area contributed by atoms with Gasteiger partial charge in [0.15, 0.2) is 0 Å². The number of benzene rings is 8. The van der Waals surface area contributed by atoms with Gasteiger partial charge in [-0.2, -0.15) is 0 Å². The van der Waals surface area contributed by atoms with Crippen molar-refractivity contribution in [1.29, 1.82) is 0 Å². The second-order valence-corrected chi connectivity index (χ2v) is 15.4. The topological polar surface area (TPSA) is 3.24 Å². The molecule has 3 heteroatoms. The first-order valence-electron chi connectivity index (χ1n) is 17.5. The fraction of sp³-hybridized carbons (Fsp3) is 0.0417. The molecule has 51 heavy (non-hydrogen) atoms. The Morgan fingerprint density at radius 1 is 0.412 bits per heavy atom. The van der Waals surface area contributed by atoms with Crippen LogP contribution in [-0.2, 0) is 6.42 Å². The molecule has 1 nitrogen and oxygen atoms in total. The zero-order chi connectivity index (χ0) is 33.7. The highest BCUT2D eigenvalue weighted by molar-refractivity contribution is 7.26. The lowest BCUT2D eigenvalue weighted by Crippen LogP contribution is -2.10. The minimum atomic E-state index is 0.273. The average Bonchev–Trinajstić information content (AvgIpc) is 3.76. The van der Waals surface area contributed by atoms with Gasteiger partial charge < -0.3 is 4.90 Å². The quantitative estimate of drug-likeness (QED) is 0.161. The third kappa shape index (κ3) is 5.29. The van der Waals surface area contributed by atoms with Gasteiger partial charge in [0.05, 0.1) is 11.4 Å². The largest absolute Gasteiger partial charge is 0.309 e. The van der Waals surface area contributed by atoms with Crippen molar-refractivity contribution in [3.63, 3.8) is 0 Å². The molecule has 0 unspecified atom stereocenters. The molecule has 0 radical (unpaired) electrons. The number of anilines is 3. The van der Waals surface area contributed by atoms with Crippen LogP contribution in [0.4, 0.5) is 17.1 Å². The van der Waals surface area contributed by atoms with Gasteiger partial charge in [-0.25, -0.2) is 0 Å². The van der Waals surface area contributed by atoms with Crippen molar-refractivity contribution in [2.75, 3.05) is 4.90 Å². The molecule has 0 aliphatic heterocycles. The van der Waals surface area contributed by atoms with Crippen molar-refractivity contribution in [2.24, 2.45) is 0 Å². The molecular formula is C48H33NS2. The molecule has 0 saturated carbocycles. The Hall–Kier alpha value is -5.74. The summed E-state index contributed by atoms with van der Waals surface area (Å²) in [6, 6.07) is 67.1. The van der Waals surface area contributed by atoms with Gasteiger partial charge in [-0.1, -0.05) is 133 Å². The molecule has 0 atom stereocenters. The van der Waals surface area contributed by atoms with E-state index >= 15 is 0 Å². The molecule has 0 aliphatic rings. The lowest BCUT2D eigenvalue weighted by molar-refractivity contribution is 0.806. The predicted molar refractivity (Wildman–Crippen MR) is 223 cm³/mol. The van der Waals surface area contributed by atoms with Crippen LogP contribution < -0.4 is 4.90 Å². The van der Waals surface area contributed by atoms with Crippen LogP contribution in [0.5, 0.6) is 0 Å². The fourth-order valence-electron chi connectivity index (χ4n) is 7.87. The molecule has 0 N–H and O–H groups in total. The van der Waals surface area contributed by atoms with Crippen molar-refractivity contribution < 1.29 is 0 Å². The summed E-state index contributed by atoms with van der Waals surface area (Å²) in [5, 5.41) is 7.73. The summed E-state index contributed by atoms with van der Waals surface area (Å²) >= 11 is 3.76. The summed E-state index contributed by atoms with van der Waals surface area (Å²) in [7, 11) is 0. The normalized spacial score (nSPS) is 11.8. The number of hydrogen-bond donors (Lipinski definition) is 0. The summed E-state index contributed by atoms with van der Waals surface area (Å²) in [6.45, 7) is 0. The first-order valence-corrected chi connectivity index (χ1v) is 19.1. The van der Waals surface area contributed by atoms with Crippen molar-refractivity contribution in [3.8, 4) is 0 Å². The van der Waals surface area contributed by atoms with Gasteiger partial charge in [0.1, 0.15) is 0 Å². The van der Waals surface area contributed by atoms with Crippen LogP contribution in [0.25, 0.3) is 51.1 Å². The van der Waals surface area contributed by atoms with E-state index in [4.69, 9.17) is 0 Å². The SMILES string of the molecule is c1ccc(C(Cc2ccc3sc4cccc(N(c5ccc6c(c5)sc5ccccc56)c5cccc6ccccc56)c4c3c2)c2ccccc2)cc1. The van der Waals surface area contributed by atoms with E-state index in [1.54, 1.807) is 0 Å². The van der Waals surface area contributed by atoms with E-state index in [2.05, 4.69) is 187 Å². The molecule has 242 valence electrons. The highest BCUT2D eigenvalue weighted by atomic mass is 32.1. The Balaban J connectivity index is 1.18. The van der Waals surface area contributed by atoms with Gasteiger partial charge in [0.25, 0.3) is 0 Å². The third-order valence-corrected chi connectivity index (χ3v) is 12.5. The smallest absolute Gasteiger partial charge is 0.0555 e. The summed E-state index contributed by atoms with van der Waals surface area (Å²) in [6.07, 6.45) is 0.930. The van der Waals surface area contributed by atoms with E-state index in [0.29, 0.717) is 0 Å². The average molecular weight is 688 g/mol. The van der Waals surface area contributed by atoms with Crippen molar-refractivity contribution >= 4 is 90.9 Å². The van der Waals surface area contributed by atoms with Crippen LogP contribution in [0.3, 0.4) is 0 Å². The highest BCUT2D eigenvalue weighted by Crippen LogP contribution is 2.48. The molecule has 0 bridgehead atoms. The van der Waals surface area contributed by atoms with Crippen LogP contribution in [0.2, 0.25) is 0 Å². The lowest BCUT2D eigenvalue weighted by atomic mass is 9.86. The van der Waals surface area contributed by atoms with Gasteiger partial charge in [-0.05, 0) is 77.0 Å². The van der Waals surface area contributed by atoms with Gasteiger partial charge in [0, 0.05) is 57.3 Å². The Kier molecular flexibility index (Phi) is 7.41. The third-order valence-electron chi connectivity index (χ3n) is 10.3. The summed E-state index contributed by atoms with van der Waals surface area (Å²) in [5.74, 6) is 0.273. The molecule has 10 aromatic rings. The number of nitrogens with zero attached hydrogens (tertiary/aromatic N) is 1. The number of thiophene rings is 2. The Labute approximate surface area is 305 Å². The molecule has 0 fully saturated rings. The minimum Gasteiger partial charge on any atom is -0.309 e. The molecular weight excluding hydrogens is 655 g/mol. The summed E-state index contributed by atoms with van der Waals surface area (Å²) in [4.78, 5) is 2.50. The van der Waals surface area contributed by atoms with Gasteiger partial charge in [-0.15, -0.1) is 22.7 Å². The van der Waals surface area contributed by atoms with Gasteiger partial charge in [-0.3, -0.25) is 0 Å². The molecule has 0 aliphatic carbocycles. The first-order chi connectivity index (χ1) is 25.3. The van der Waals surface area contributed by atoms with Crippen molar-refractivity contribution in [1.82, 2.24) is 0 Å². The van der Waals surface area contributed by atoms with Crippen LogP contribution >= 0.6 is 22.7 Å². The minimum absolute atomic E-state index is 0.273. The van der Waals surface area contributed by atoms with Crippen LogP contribution in [0, 0.1) is 0 Å². The van der Waals surface area contributed by atoms with E-state index in [0.717, 1.165) is 6.42 Å². The van der Waals surface area contributed by atoms with Crippen molar-refractivity contribution in [3.05, 3.63) is 199 Å². The molecule has 8 aromatic carbocycles. The molecule has 2 aromatic heterocycles. The molecule has 0 spiro atoms. The summed E-state index contributed by atoms with van der Waals surface area (Å²) < 4.78 is 5.24. The highest BCUT2D eigenvalue weighted by Gasteiger charge is 2.22. The van der Waals surface area contributed by atoms with Gasteiger partial charge >= 0.3 is 0 Å². The van der Waals surface area contributed by atoms with Crippen LogP contribution in [0.15, 0.2) is 182 Å². The van der Waals surface area contributed by atoms with Crippen LogP contribution in [-0.4, -0.2) is 0 Å². The Bertz CT molecular complexity index is 2800. The number of rotatable bonds is 7. The van der Waals surface area contributed by atoms with Gasteiger partial charge in [0.2, 0.25) is 0 Å². The maximum atomic E-state index is 2.50. The van der Waals surface area contributed by atoms with E-state index in [9.17, 15) is 0 Å². The van der Waals surface area contributed by atoms with E-state index < -0.39 is 0 Å². The predicted octanol–water partition coefficient (Wildman–Crippen LogP) is 14.4. The Morgan fingerprint density at radius 3 is 1.84 bits per heavy atom. The molecule has 10 rings (SSSR count). The summed E-state index contributed by atoms with van der Waals surface area (Å²) in [5.41, 5.74) is 7.59. The first kappa shape index (κ1) is 30.1. The van der Waals surface area contributed by atoms with E-state index in [1.807, 2.05) is 22.7 Å². The second-order valence-electron chi connectivity index (χ2n) is 13.3. The van der Waals surface area contributed by atoms with E-state index in [-0.39, 0.29) is 5.92 Å². The van der Waals surface area contributed by atoms with E-state index in [1.165, 1.54) is 84.9 Å². The Morgan fingerprint density at radius 2 is 1.02 bits per heavy atom. The standard InChI is InChI=1S/C48H33NS2/c1-3-13-34(14-4-1)40(35-15-5-2-6-16-35)29-32-25-28-45-41(30-32)48-43(22-12-24-46(48)50-45)49(42-21-11-18-33-17-7-8-19-37(33)42)36-26-27-39-38-20-9-10-23-44(38)51-47(39)31-36/h1-28,30-31,40H,29H2. The maximum absolute atomic E-state index is 2.50. The second kappa shape index (κ2) is 12.5. The number of hydrogen-bond acceptors (Lipinski definition) is 3. The zero-order valence-corrected chi connectivity index (χ0v) is 29.5. The molecule has 2 heterocycles. The lowest BCUT2D eigenvalue weighted by Gasteiger charge is -2.28. The fourth-order valence-corrected chi connectivity index (χ4v) is 10.1. The van der Waals surface area contributed by atoms with Crippen molar-refractivity contribution in [2.45, 2.75) is 12.3 Å². The zero-order valence-electron chi connectivity index (χ0n) is 27.9. The van der Waals surface area contributed by atoms with Crippen LogP contribution in [0.1, 0.15) is 22.6 Å². The molecule has 0 amide bonds. The maximum Gasteiger partial charge on any atom is 0.0555 e.